The van der Waals surface area contributed by atoms with Crippen LogP contribution < -0.4 is 15.0 Å². The van der Waals surface area contributed by atoms with Crippen LogP contribution in [0.3, 0.4) is 0 Å². The molecule has 0 unspecified atom stereocenters. The Hall–Kier alpha value is -3.25. The molecule has 1 fully saturated rings. The first-order valence-corrected chi connectivity index (χ1v) is 12.5. The second-order valence-corrected chi connectivity index (χ2v) is 10.3. The Morgan fingerprint density at radius 2 is 1.71 bits per heavy atom. The van der Waals surface area contributed by atoms with Crippen molar-refractivity contribution in [1.82, 2.24) is 0 Å². The highest BCUT2D eigenvalue weighted by Gasteiger charge is 2.35. The van der Waals surface area contributed by atoms with E-state index >= 15 is 0 Å². The molecule has 0 radical (unpaired) electrons. The molecule has 1 heterocycles. The number of hydrogen-bond acceptors (Lipinski definition) is 4. The Kier molecular flexibility index (Phi) is 6.98. The molecule has 3 aromatic rings. The second-order valence-electron chi connectivity index (χ2n) is 9.23. The van der Waals surface area contributed by atoms with Gasteiger partial charge in [-0.2, -0.15) is 0 Å². The molecular weight excluding hydrogens is 444 g/mol. The number of carbonyl (C=O) groups excluding carboxylic acids is 2. The van der Waals surface area contributed by atoms with E-state index in [0.717, 1.165) is 11.3 Å². The number of thioether (sulfide) groups is 1. The fourth-order valence-corrected chi connectivity index (χ4v) is 5.09. The minimum absolute atomic E-state index is 0.0432. The molecule has 34 heavy (non-hydrogen) atoms. The van der Waals surface area contributed by atoms with Crippen molar-refractivity contribution in [3.05, 3.63) is 89.5 Å². The number of rotatable bonds is 6. The summed E-state index contributed by atoms with van der Waals surface area (Å²) in [5, 5.41) is 2.82. The topological polar surface area (TPSA) is 58.6 Å². The molecule has 5 nitrogen and oxygen atoms in total. The van der Waals surface area contributed by atoms with Crippen LogP contribution in [0.5, 0.6) is 5.75 Å². The van der Waals surface area contributed by atoms with E-state index in [9.17, 15) is 9.59 Å². The third kappa shape index (κ3) is 5.12. The molecule has 6 heteroatoms. The summed E-state index contributed by atoms with van der Waals surface area (Å²) in [5.74, 6) is 1.02. The van der Waals surface area contributed by atoms with Gasteiger partial charge in [0, 0.05) is 11.3 Å². The zero-order valence-electron chi connectivity index (χ0n) is 20.0. The maximum Gasteiger partial charge on any atom is 0.255 e. The van der Waals surface area contributed by atoms with Gasteiger partial charge in [0.1, 0.15) is 11.1 Å². The highest BCUT2D eigenvalue weighted by Crippen LogP contribution is 2.44. The van der Waals surface area contributed by atoms with Crippen molar-refractivity contribution in [1.29, 1.82) is 0 Å². The molecule has 0 saturated carbocycles. The lowest BCUT2D eigenvalue weighted by Gasteiger charge is -2.26. The van der Waals surface area contributed by atoms with Crippen LogP contribution in [0.25, 0.3) is 0 Å². The monoisotopic (exact) mass is 474 g/mol. The van der Waals surface area contributed by atoms with Crippen LogP contribution in [0.4, 0.5) is 11.4 Å². The Balaban J connectivity index is 1.50. The number of amides is 2. The van der Waals surface area contributed by atoms with Crippen molar-refractivity contribution in [2.45, 2.75) is 38.5 Å². The third-order valence-electron chi connectivity index (χ3n) is 5.76. The number of nitrogens with zero attached hydrogens (tertiary/aromatic N) is 1. The minimum atomic E-state index is -0.149. The van der Waals surface area contributed by atoms with Gasteiger partial charge >= 0.3 is 0 Å². The van der Waals surface area contributed by atoms with Crippen LogP contribution in [0.2, 0.25) is 0 Å². The van der Waals surface area contributed by atoms with E-state index in [4.69, 9.17) is 4.74 Å². The van der Waals surface area contributed by atoms with Gasteiger partial charge in [0.15, 0.2) is 0 Å². The van der Waals surface area contributed by atoms with Crippen LogP contribution in [0.15, 0.2) is 72.8 Å². The molecule has 3 aromatic carbocycles. The second kappa shape index (κ2) is 9.94. The average Bonchev–Trinajstić information content (AvgIpc) is 3.21. The molecule has 1 N–H and O–H groups in total. The van der Waals surface area contributed by atoms with E-state index in [1.165, 1.54) is 5.56 Å². The quantitative estimate of drug-likeness (QED) is 0.448. The zero-order valence-corrected chi connectivity index (χ0v) is 20.8. The van der Waals surface area contributed by atoms with Gasteiger partial charge in [-0.3, -0.25) is 14.5 Å². The van der Waals surface area contributed by atoms with Gasteiger partial charge in [-0.05, 0) is 59.9 Å². The number of para-hydroxylation sites is 2. The van der Waals surface area contributed by atoms with Gasteiger partial charge in [-0.25, -0.2) is 0 Å². The van der Waals surface area contributed by atoms with E-state index in [1.807, 2.05) is 79.7 Å². The van der Waals surface area contributed by atoms with Crippen molar-refractivity contribution in [3.8, 4) is 5.75 Å². The Labute approximate surface area is 205 Å². The van der Waals surface area contributed by atoms with Gasteiger partial charge in [0.05, 0.1) is 18.0 Å². The summed E-state index contributed by atoms with van der Waals surface area (Å²) in [6.45, 7) is 8.91. The van der Waals surface area contributed by atoms with Gasteiger partial charge in [-0.15, -0.1) is 11.8 Å². The lowest BCUT2D eigenvalue weighted by atomic mass is 9.87. The fraction of sp³-hybridized carbons (Fsp3) is 0.286. The summed E-state index contributed by atoms with van der Waals surface area (Å²) >= 11 is 1.59. The van der Waals surface area contributed by atoms with Crippen LogP contribution >= 0.6 is 11.8 Å². The van der Waals surface area contributed by atoms with Gasteiger partial charge < -0.3 is 10.1 Å². The molecule has 0 spiro atoms. The van der Waals surface area contributed by atoms with Gasteiger partial charge in [0.2, 0.25) is 5.91 Å². The molecule has 0 bridgehead atoms. The van der Waals surface area contributed by atoms with Crippen LogP contribution in [-0.2, 0) is 10.2 Å². The molecule has 0 aromatic heterocycles. The third-order valence-corrected chi connectivity index (χ3v) is 6.97. The van der Waals surface area contributed by atoms with Crippen LogP contribution in [0, 0.1) is 0 Å². The normalized spacial score (nSPS) is 15.9. The predicted octanol–water partition coefficient (Wildman–Crippen LogP) is 6.41. The van der Waals surface area contributed by atoms with Crippen LogP contribution in [-0.4, -0.2) is 24.2 Å². The molecule has 4 rings (SSSR count). The molecule has 1 aliphatic rings. The minimum Gasteiger partial charge on any atom is -0.492 e. The number of carbonyl (C=O) groups is 2. The van der Waals surface area contributed by atoms with Crippen molar-refractivity contribution >= 4 is 35.0 Å². The van der Waals surface area contributed by atoms with E-state index in [-0.39, 0.29) is 22.6 Å². The summed E-state index contributed by atoms with van der Waals surface area (Å²) in [6.07, 6.45) is 0. The Bertz CT molecular complexity index is 1170. The first-order chi connectivity index (χ1) is 16.3. The smallest absolute Gasteiger partial charge is 0.255 e. The SMILES string of the molecule is CCOc1ccccc1N1C(=O)CS[C@H]1c1ccc(NC(=O)c2ccc(C(C)(C)C)cc2)cc1. The molecule has 1 atom stereocenters. The number of anilines is 2. The molecule has 176 valence electrons. The van der Waals surface area contributed by atoms with Crippen molar-refractivity contribution in [2.24, 2.45) is 0 Å². The van der Waals surface area contributed by atoms with E-state index in [0.29, 0.717) is 29.4 Å². The first kappa shape index (κ1) is 23.9. The van der Waals surface area contributed by atoms with Gasteiger partial charge in [0.25, 0.3) is 5.91 Å². The Morgan fingerprint density at radius 1 is 1.03 bits per heavy atom. The van der Waals surface area contributed by atoms with Crippen molar-refractivity contribution in [3.63, 3.8) is 0 Å². The summed E-state index contributed by atoms with van der Waals surface area (Å²) in [5.41, 5.74) is 4.33. The maximum atomic E-state index is 12.8. The molecule has 1 saturated heterocycles. The van der Waals surface area contributed by atoms with Crippen LogP contribution in [0.1, 0.15) is 54.6 Å². The molecule has 1 aliphatic heterocycles. The fourth-order valence-electron chi connectivity index (χ4n) is 3.92. The average molecular weight is 475 g/mol. The molecular formula is C28H30N2O3S. The van der Waals surface area contributed by atoms with E-state index in [2.05, 4.69) is 26.1 Å². The van der Waals surface area contributed by atoms with Crippen molar-refractivity contribution < 1.29 is 14.3 Å². The Morgan fingerprint density at radius 3 is 2.35 bits per heavy atom. The summed E-state index contributed by atoms with van der Waals surface area (Å²) < 4.78 is 5.76. The highest BCUT2D eigenvalue weighted by atomic mass is 32.2. The number of benzene rings is 3. The standard InChI is InChI=1S/C28H30N2O3S/c1-5-33-24-9-7-6-8-23(24)30-25(31)18-34-27(30)20-12-16-22(17-13-20)29-26(32)19-10-14-21(15-11-19)28(2,3)4/h6-17,27H,5,18H2,1-4H3,(H,29,32)/t27-/m0/s1. The van der Waals surface area contributed by atoms with Gasteiger partial charge in [-0.1, -0.05) is 57.2 Å². The highest BCUT2D eigenvalue weighted by molar-refractivity contribution is 8.00. The first-order valence-electron chi connectivity index (χ1n) is 11.5. The molecule has 0 aliphatic carbocycles. The lowest BCUT2D eigenvalue weighted by molar-refractivity contribution is -0.115. The predicted molar refractivity (Wildman–Crippen MR) is 140 cm³/mol. The zero-order chi connectivity index (χ0) is 24.3. The van der Waals surface area contributed by atoms with E-state index in [1.54, 1.807) is 16.7 Å². The summed E-state index contributed by atoms with van der Waals surface area (Å²) in [4.78, 5) is 27.3. The lowest BCUT2D eigenvalue weighted by Crippen LogP contribution is -2.28. The maximum absolute atomic E-state index is 12.8. The number of nitrogens with one attached hydrogen (secondary N) is 1. The largest absolute Gasteiger partial charge is 0.492 e. The number of ether oxygens (including phenoxy) is 1. The summed E-state index contributed by atoms with van der Waals surface area (Å²) in [7, 11) is 0. The van der Waals surface area contributed by atoms with E-state index < -0.39 is 0 Å². The van der Waals surface area contributed by atoms with Crippen molar-refractivity contribution in [2.75, 3.05) is 22.6 Å². The summed E-state index contributed by atoms with van der Waals surface area (Å²) in [6, 6.07) is 23.0. The molecule has 2 amide bonds. The number of hydrogen-bond donors (Lipinski definition) is 1.